The van der Waals surface area contributed by atoms with E-state index in [1.54, 1.807) is 0 Å². The predicted octanol–water partition coefficient (Wildman–Crippen LogP) is 12.4. The second kappa shape index (κ2) is 16.4. The van der Waals surface area contributed by atoms with Gasteiger partial charge in [0.2, 0.25) is 0 Å². The van der Waals surface area contributed by atoms with Gasteiger partial charge in [0.05, 0.1) is 16.9 Å². The van der Waals surface area contributed by atoms with E-state index in [4.69, 9.17) is 4.98 Å². The molecule has 0 aliphatic heterocycles. The molecule has 3 nitrogen and oxygen atoms in total. The van der Waals surface area contributed by atoms with Crippen molar-refractivity contribution in [3.63, 3.8) is 0 Å². The first-order valence-corrected chi connectivity index (χ1v) is 17.3. The summed E-state index contributed by atoms with van der Waals surface area (Å²) in [7, 11) is 0. The minimum Gasteiger partial charge on any atom is -0.333 e. The Labute approximate surface area is 311 Å². The van der Waals surface area contributed by atoms with Crippen LogP contribution in [0.25, 0.3) is 50.5 Å². The Balaban J connectivity index is 0.000000291. The van der Waals surface area contributed by atoms with Gasteiger partial charge in [0.15, 0.2) is 0 Å². The molecule has 0 atom stereocenters. The largest absolute Gasteiger partial charge is 0.333 e. The fourth-order valence-electron chi connectivity index (χ4n) is 6.18. The van der Waals surface area contributed by atoms with Crippen LogP contribution in [0.2, 0.25) is 0 Å². The van der Waals surface area contributed by atoms with Gasteiger partial charge in [0.25, 0.3) is 0 Å². The van der Waals surface area contributed by atoms with Crippen LogP contribution >= 0.6 is 0 Å². The Hall–Kier alpha value is -4.63. The third kappa shape index (κ3) is 8.05. The molecular formula is C46H45IrN3-2. The number of nitrogens with zero attached hydrogens (tertiary/aromatic N) is 3. The number of aromatic nitrogens is 3. The molecule has 0 fully saturated rings. The number of fused-ring (bicyclic) bond motifs is 1. The first-order chi connectivity index (χ1) is 23.7. The smallest absolute Gasteiger partial charge is 0.0774 e. The third-order valence-electron chi connectivity index (χ3n) is 8.93. The number of hydrogen-bond donors (Lipinski definition) is 0. The molecule has 0 bridgehead atoms. The molecule has 2 heterocycles. The van der Waals surface area contributed by atoms with Crippen molar-refractivity contribution >= 4 is 11.0 Å². The topological polar surface area (TPSA) is 30.7 Å². The van der Waals surface area contributed by atoms with Crippen molar-refractivity contribution in [2.24, 2.45) is 0 Å². The van der Waals surface area contributed by atoms with E-state index in [0.29, 0.717) is 17.8 Å². The zero-order valence-electron chi connectivity index (χ0n) is 30.0. The summed E-state index contributed by atoms with van der Waals surface area (Å²) in [4.78, 5) is 9.50. The molecule has 0 aliphatic rings. The van der Waals surface area contributed by atoms with Crippen LogP contribution in [0.4, 0.5) is 0 Å². The molecule has 1 radical (unpaired) electrons. The SMILES string of the molecule is CC(C)c1cc(C(C)C)c(-n2c(-c3[c-]cccc3)nc3ccc(-c4ccccc4)cc32)c(C(C)C)c1.Cc1ccc(-c2[c-]cccc2)nc1.[Ir]. The maximum Gasteiger partial charge on any atom is 0.0774 e. The maximum atomic E-state index is 5.18. The quantitative estimate of drug-likeness (QED) is 0.150. The van der Waals surface area contributed by atoms with Gasteiger partial charge in [-0.25, -0.2) is 0 Å². The van der Waals surface area contributed by atoms with Gasteiger partial charge in [0, 0.05) is 32.0 Å². The number of pyridine rings is 1. The molecule has 0 N–H and O–H groups in total. The molecule has 0 saturated carbocycles. The minimum absolute atomic E-state index is 0. The fraction of sp³-hybridized carbons (Fsp3) is 0.217. The van der Waals surface area contributed by atoms with Crippen molar-refractivity contribution in [1.29, 1.82) is 0 Å². The van der Waals surface area contributed by atoms with Gasteiger partial charge < -0.3 is 9.55 Å². The van der Waals surface area contributed by atoms with E-state index in [9.17, 15) is 0 Å². The Kier molecular flexibility index (Phi) is 12.0. The standard InChI is InChI=1S/C34H35N2.C12H10N.Ir/c1-22(2)28-19-29(23(3)4)33(30(20-28)24(5)6)36-32-21-27(25-13-9-7-10-14-25)17-18-31(32)35-34(36)26-15-11-8-12-16-26;1-10-7-8-12(13-9-10)11-5-3-2-4-6-11;/h7-15,17-24H,1-6H3;2-5,7-9H,1H3;/q2*-1;. The van der Waals surface area contributed by atoms with E-state index in [2.05, 4.69) is 142 Å². The molecule has 7 aromatic rings. The van der Waals surface area contributed by atoms with Crippen LogP contribution in [0, 0.1) is 19.1 Å². The Morgan fingerprint density at radius 3 is 1.76 bits per heavy atom. The van der Waals surface area contributed by atoms with Gasteiger partial charge >= 0.3 is 0 Å². The molecule has 5 aromatic carbocycles. The molecule has 0 spiro atoms. The van der Waals surface area contributed by atoms with Gasteiger partial charge in [0.1, 0.15) is 0 Å². The molecule has 255 valence electrons. The maximum absolute atomic E-state index is 5.18. The number of rotatable bonds is 7. The molecule has 0 saturated heterocycles. The Bertz CT molecular complexity index is 2100. The summed E-state index contributed by atoms with van der Waals surface area (Å²) in [5.74, 6) is 2.16. The molecule has 7 rings (SSSR count). The molecule has 0 amide bonds. The molecule has 4 heteroatoms. The minimum atomic E-state index is 0. The number of imidazole rings is 1. The Morgan fingerprint density at radius 1 is 0.600 bits per heavy atom. The summed E-state index contributed by atoms with van der Waals surface area (Å²) in [6.07, 6.45) is 1.87. The molecule has 2 aromatic heterocycles. The summed E-state index contributed by atoms with van der Waals surface area (Å²) < 4.78 is 2.41. The van der Waals surface area contributed by atoms with Gasteiger partial charge in [-0.3, -0.25) is 4.98 Å². The second-order valence-electron chi connectivity index (χ2n) is 13.6. The van der Waals surface area contributed by atoms with E-state index in [1.165, 1.54) is 39.1 Å². The summed E-state index contributed by atoms with van der Waals surface area (Å²) in [5, 5.41) is 0. The van der Waals surface area contributed by atoms with Crippen LogP contribution < -0.4 is 0 Å². The van der Waals surface area contributed by atoms with Crippen molar-refractivity contribution in [2.45, 2.75) is 66.2 Å². The average molecular weight is 832 g/mol. The van der Waals surface area contributed by atoms with Crippen LogP contribution in [0.15, 0.2) is 128 Å². The first kappa shape index (κ1) is 36.6. The van der Waals surface area contributed by atoms with Crippen molar-refractivity contribution in [3.05, 3.63) is 162 Å². The third-order valence-corrected chi connectivity index (χ3v) is 8.93. The molecule has 50 heavy (non-hydrogen) atoms. The molecule has 0 aliphatic carbocycles. The summed E-state index contributed by atoms with van der Waals surface area (Å²) in [5.41, 5.74) is 14.1. The number of benzene rings is 5. The second-order valence-corrected chi connectivity index (χ2v) is 13.6. The first-order valence-electron chi connectivity index (χ1n) is 17.3. The van der Waals surface area contributed by atoms with Crippen LogP contribution in [0.3, 0.4) is 0 Å². The van der Waals surface area contributed by atoms with E-state index in [0.717, 1.165) is 33.7 Å². The van der Waals surface area contributed by atoms with E-state index >= 15 is 0 Å². The van der Waals surface area contributed by atoms with E-state index in [1.807, 2.05) is 55.6 Å². The van der Waals surface area contributed by atoms with Crippen molar-refractivity contribution in [1.82, 2.24) is 14.5 Å². The predicted molar refractivity (Wildman–Crippen MR) is 206 cm³/mol. The van der Waals surface area contributed by atoms with E-state index < -0.39 is 0 Å². The average Bonchev–Trinajstić information content (AvgIpc) is 3.51. The summed E-state index contributed by atoms with van der Waals surface area (Å²) in [6, 6.07) is 48.8. The molecular weight excluding hydrogens is 787 g/mol. The fourth-order valence-corrected chi connectivity index (χ4v) is 6.18. The van der Waals surface area contributed by atoms with Crippen LogP contribution in [-0.4, -0.2) is 14.5 Å². The van der Waals surface area contributed by atoms with Crippen molar-refractivity contribution in [2.75, 3.05) is 0 Å². The number of aryl methyl sites for hydroxylation is 1. The van der Waals surface area contributed by atoms with Crippen molar-refractivity contribution < 1.29 is 20.1 Å². The normalized spacial score (nSPS) is 11.1. The Morgan fingerprint density at radius 2 is 1.22 bits per heavy atom. The van der Waals surface area contributed by atoms with Gasteiger partial charge in [-0.15, -0.1) is 71.8 Å². The number of hydrogen-bond acceptors (Lipinski definition) is 2. The van der Waals surface area contributed by atoms with Crippen molar-refractivity contribution in [3.8, 4) is 39.5 Å². The van der Waals surface area contributed by atoms with Gasteiger partial charge in [-0.05, 0) is 75.9 Å². The van der Waals surface area contributed by atoms with Gasteiger partial charge in [-0.2, -0.15) is 0 Å². The zero-order chi connectivity index (χ0) is 34.5. The van der Waals surface area contributed by atoms with E-state index in [-0.39, 0.29) is 20.1 Å². The summed E-state index contributed by atoms with van der Waals surface area (Å²) >= 11 is 0. The monoisotopic (exact) mass is 832 g/mol. The zero-order valence-corrected chi connectivity index (χ0v) is 32.4. The summed E-state index contributed by atoms with van der Waals surface area (Å²) in [6.45, 7) is 15.8. The van der Waals surface area contributed by atoms with Crippen LogP contribution in [-0.2, 0) is 20.1 Å². The molecule has 0 unspecified atom stereocenters. The van der Waals surface area contributed by atoms with Gasteiger partial charge in [-0.1, -0.05) is 102 Å². The van der Waals surface area contributed by atoms with Crippen LogP contribution in [0.1, 0.15) is 81.5 Å². The van der Waals surface area contributed by atoms with Crippen LogP contribution in [0.5, 0.6) is 0 Å².